The monoisotopic (exact) mass is 237 g/mol. The second kappa shape index (κ2) is 5.89. The first-order valence-corrected chi connectivity index (χ1v) is 5.22. The van der Waals surface area contributed by atoms with Gasteiger partial charge in [0.05, 0.1) is 18.6 Å². The molecule has 0 fully saturated rings. The van der Waals surface area contributed by atoms with Crippen molar-refractivity contribution in [2.45, 2.75) is 13.8 Å². The van der Waals surface area contributed by atoms with E-state index in [9.17, 15) is 10.1 Å². The first-order valence-electron chi connectivity index (χ1n) is 5.22. The molecule has 0 N–H and O–H groups in total. The first kappa shape index (κ1) is 13.0. The fraction of sp³-hybridized carbons (Fsp3) is 0.333. The molecule has 5 heteroatoms. The van der Waals surface area contributed by atoms with Gasteiger partial charge in [-0.3, -0.25) is 10.1 Å². The largest absolute Gasteiger partial charge is 0.493 e. The number of hydrogen-bond donors (Lipinski definition) is 0. The van der Waals surface area contributed by atoms with Gasteiger partial charge in [0, 0.05) is 13.0 Å². The molecule has 0 heterocycles. The third-order valence-corrected chi connectivity index (χ3v) is 2.15. The van der Waals surface area contributed by atoms with Crippen molar-refractivity contribution in [1.29, 1.82) is 0 Å². The van der Waals surface area contributed by atoms with Gasteiger partial charge in [0.15, 0.2) is 11.5 Å². The van der Waals surface area contributed by atoms with Crippen molar-refractivity contribution >= 4 is 6.08 Å². The molecule has 1 aromatic carbocycles. The van der Waals surface area contributed by atoms with Crippen LogP contribution in [0.25, 0.3) is 6.08 Å². The van der Waals surface area contributed by atoms with Crippen LogP contribution in [0.2, 0.25) is 0 Å². The van der Waals surface area contributed by atoms with Gasteiger partial charge in [-0.25, -0.2) is 0 Å². The minimum atomic E-state index is -0.426. The molecule has 0 spiro atoms. The normalized spacial score (nSPS) is 11.1. The van der Waals surface area contributed by atoms with Crippen LogP contribution in [0.4, 0.5) is 0 Å². The molecule has 0 bridgehead atoms. The summed E-state index contributed by atoms with van der Waals surface area (Å²) in [4.78, 5) is 10.1. The zero-order chi connectivity index (χ0) is 12.8. The van der Waals surface area contributed by atoms with Crippen molar-refractivity contribution in [3.8, 4) is 11.5 Å². The summed E-state index contributed by atoms with van der Waals surface area (Å²) in [5.41, 5.74) is 0.793. The third kappa shape index (κ3) is 3.48. The standard InChI is InChI=1S/C12H15NO4/c1-4-17-12-8-10(5-6-11(12)16-3)7-9(2)13(14)15/h5-8H,4H2,1-3H3. The first-order chi connectivity index (χ1) is 8.08. The molecule has 5 nitrogen and oxygen atoms in total. The molecule has 0 radical (unpaired) electrons. The summed E-state index contributed by atoms with van der Waals surface area (Å²) >= 11 is 0. The highest BCUT2D eigenvalue weighted by atomic mass is 16.6. The van der Waals surface area contributed by atoms with Gasteiger partial charge < -0.3 is 9.47 Å². The Balaban J connectivity index is 3.07. The topological polar surface area (TPSA) is 61.6 Å². The predicted octanol–water partition coefficient (Wildman–Crippen LogP) is 2.73. The van der Waals surface area contributed by atoms with Crippen LogP contribution in [-0.2, 0) is 0 Å². The lowest BCUT2D eigenvalue weighted by molar-refractivity contribution is -0.422. The van der Waals surface area contributed by atoms with Crippen molar-refractivity contribution in [2.24, 2.45) is 0 Å². The van der Waals surface area contributed by atoms with E-state index < -0.39 is 4.92 Å². The lowest BCUT2D eigenvalue weighted by atomic mass is 10.1. The average Bonchev–Trinajstić information content (AvgIpc) is 2.29. The van der Waals surface area contributed by atoms with Crippen LogP contribution in [0.15, 0.2) is 23.9 Å². The van der Waals surface area contributed by atoms with E-state index in [0.717, 1.165) is 0 Å². The fourth-order valence-corrected chi connectivity index (χ4v) is 1.35. The van der Waals surface area contributed by atoms with E-state index >= 15 is 0 Å². The molecule has 0 aliphatic carbocycles. The Morgan fingerprint density at radius 3 is 2.71 bits per heavy atom. The van der Waals surface area contributed by atoms with E-state index in [-0.39, 0.29) is 5.70 Å². The van der Waals surface area contributed by atoms with Crippen molar-refractivity contribution in [1.82, 2.24) is 0 Å². The lowest BCUT2D eigenvalue weighted by Gasteiger charge is -2.09. The van der Waals surface area contributed by atoms with Gasteiger partial charge in [0.25, 0.3) is 0 Å². The molecule has 0 unspecified atom stereocenters. The summed E-state index contributed by atoms with van der Waals surface area (Å²) in [6, 6.07) is 5.19. The maximum Gasteiger partial charge on any atom is 0.243 e. The van der Waals surface area contributed by atoms with Gasteiger partial charge in [-0.1, -0.05) is 6.07 Å². The van der Waals surface area contributed by atoms with Gasteiger partial charge in [-0.15, -0.1) is 0 Å². The predicted molar refractivity (Wildman–Crippen MR) is 64.8 cm³/mol. The van der Waals surface area contributed by atoms with Crippen LogP contribution in [0.3, 0.4) is 0 Å². The molecule has 92 valence electrons. The molecule has 0 saturated carbocycles. The maximum atomic E-state index is 10.5. The van der Waals surface area contributed by atoms with Crippen LogP contribution >= 0.6 is 0 Å². The van der Waals surface area contributed by atoms with Crippen molar-refractivity contribution in [3.05, 3.63) is 39.6 Å². The number of nitrogens with zero attached hydrogens (tertiary/aromatic N) is 1. The fourth-order valence-electron chi connectivity index (χ4n) is 1.35. The summed E-state index contributed by atoms with van der Waals surface area (Å²) in [5.74, 6) is 1.20. The third-order valence-electron chi connectivity index (χ3n) is 2.15. The zero-order valence-corrected chi connectivity index (χ0v) is 10.1. The molecule has 1 rings (SSSR count). The Hall–Kier alpha value is -2.04. The minimum Gasteiger partial charge on any atom is -0.493 e. The highest BCUT2D eigenvalue weighted by Gasteiger charge is 2.07. The number of hydrogen-bond acceptors (Lipinski definition) is 4. The highest BCUT2D eigenvalue weighted by Crippen LogP contribution is 2.28. The molecule has 0 aliphatic rings. The number of allylic oxidation sites excluding steroid dienone is 1. The zero-order valence-electron chi connectivity index (χ0n) is 10.1. The molecule has 17 heavy (non-hydrogen) atoms. The van der Waals surface area contributed by atoms with Crippen molar-refractivity contribution in [3.63, 3.8) is 0 Å². The van der Waals surface area contributed by atoms with Crippen LogP contribution in [0.5, 0.6) is 11.5 Å². The van der Waals surface area contributed by atoms with Gasteiger partial charge in [-0.05, 0) is 24.6 Å². The number of ether oxygens (including phenoxy) is 2. The Morgan fingerprint density at radius 1 is 1.47 bits per heavy atom. The van der Waals surface area contributed by atoms with Gasteiger partial charge in [-0.2, -0.15) is 0 Å². The number of nitro groups is 1. The summed E-state index contributed by atoms with van der Waals surface area (Å²) in [7, 11) is 1.55. The maximum absolute atomic E-state index is 10.5. The summed E-state index contributed by atoms with van der Waals surface area (Å²) in [6.07, 6.45) is 1.49. The van der Waals surface area contributed by atoms with Crippen molar-refractivity contribution in [2.75, 3.05) is 13.7 Å². The average molecular weight is 237 g/mol. The van der Waals surface area contributed by atoms with E-state index in [1.54, 1.807) is 25.3 Å². The molecular weight excluding hydrogens is 222 g/mol. The molecule has 0 aromatic heterocycles. The smallest absolute Gasteiger partial charge is 0.243 e. The lowest BCUT2D eigenvalue weighted by Crippen LogP contribution is -1.96. The Morgan fingerprint density at radius 2 is 2.18 bits per heavy atom. The quantitative estimate of drug-likeness (QED) is 0.583. The van der Waals surface area contributed by atoms with E-state index in [4.69, 9.17) is 9.47 Å². The molecule has 1 aromatic rings. The Bertz CT molecular complexity index is 440. The van der Waals surface area contributed by atoms with Crippen LogP contribution < -0.4 is 9.47 Å². The minimum absolute atomic E-state index is 0.0811. The molecule has 0 amide bonds. The number of benzene rings is 1. The highest BCUT2D eigenvalue weighted by molar-refractivity contribution is 5.56. The van der Waals surface area contributed by atoms with Crippen LogP contribution in [-0.4, -0.2) is 18.6 Å². The number of rotatable bonds is 5. The molecule has 0 saturated heterocycles. The molecule has 0 aliphatic heterocycles. The second-order valence-corrected chi connectivity index (χ2v) is 3.39. The van der Waals surface area contributed by atoms with E-state index in [1.165, 1.54) is 13.0 Å². The molecular formula is C12H15NO4. The van der Waals surface area contributed by atoms with Gasteiger partial charge in [0.1, 0.15) is 0 Å². The second-order valence-electron chi connectivity index (χ2n) is 3.39. The summed E-state index contributed by atoms with van der Waals surface area (Å²) < 4.78 is 10.5. The van der Waals surface area contributed by atoms with E-state index in [1.807, 2.05) is 6.92 Å². The molecule has 0 atom stereocenters. The van der Waals surface area contributed by atoms with Gasteiger partial charge in [0.2, 0.25) is 5.70 Å². The van der Waals surface area contributed by atoms with Gasteiger partial charge >= 0.3 is 0 Å². The Kier molecular flexibility index (Phi) is 4.51. The Labute approximate surface area is 99.8 Å². The van der Waals surface area contributed by atoms with Crippen LogP contribution in [0.1, 0.15) is 19.4 Å². The van der Waals surface area contributed by atoms with E-state index in [2.05, 4.69) is 0 Å². The summed E-state index contributed by atoms with van der Waals surface area (Å²) in [6.45, 7) is 3.83. The van der Waals surface area contributed by atoms with E-state index in [0.29, 0.717) is 23.7 Å². The number of methoxy groups -OCH3 is 1. The van der Waals surface area contributed by atoms with Crippen molar-refractivity contribution < 1.29 is 14.4 Å². The SMILES string of the molecule is CCOc1cc(C=C(C)[N+](=O)[O-])ccc1OC. The van der Waals surface area contributed by atoms with Crippen LogP contribution in [0, 0.1) is 10.1 Å². The summed E-state index contributed by atoms with van der Waals surface area (Å²) in [5, 5.41) is 10.5.